The van der Waals surface area contributed by atoms with Gasteiger partial charge in [-0.2, -0.15) is 0 Å². The first-order valence-corrected chi connectivity index (χ1v) is 7.16. The fourth-order valence-corrected chi connectivity index (χ4v) is 1.81. The number of aliphatic imine (C=N–C) groups is 1. The van der Waals surface area contributed by atoms with Gasteiger partial charge in [-0.05, 0) is 30.5 Å². The number of nitrogens with one attached hydrogen (secondary N) is 2. The normalized spacial score (nSPS) is 15.9. The minimum atomic E-state index is -0.745. The lowest BCUT2D eigenvalue weighted by Gasteiger charge is -2.13. The summed E-state index contributed by atoms with van der Waals surface area (Å²) in [6, 6.07) is 6.29. The van der Waals surface area contributed by atoms with Crippen LogP contribution in [0.5, 0.6) is 0 Å². The van der Waals surface area contributed by atoms with Crippen molar-refractivity contribution in [2.75, 3.05) is 26.8 Å². The predicted molar refractivity (Wildman–Crippen MR) is 95.1 cm³/mol. The van der Waals surface area contributed by atoms with Crippen molar-refractivity contribution in [1.29, 1.82) is 0 Å². The van der Waals surface area contributed by atoms with Gasteiger partial charge in [0.1, 0.15) is 5.82 Å². The molecule has 3 N–H and O–H groups in total. The Morgan fingerprint density at radius 2 is 2.09 bits per heavy atom. The summed E-state index contributed by atoms with van der Waals surface area (Å²) in [5.74, 6) is 0.363. The first kappa shape index (κ1) is 19.1. The van der Waals surface area contributed by atoms with Crippen molar-refractivity contribution in [3.05, 3.63) is 35.6 Å². The van der Waals surface area contributed by atoms with E-state index in [1.807, 2.05) is 0 Å². The Morgan fingerprint density at radius 1 is 1.41 bits per heavy atom. The summed E-state index contributed by atoms with van der Waals surface area (Å²) in [6.07, 6.45) is 1.54. The molecular formula is C15H23FIN3O2. The minimum Gasteiger partial charge on any atom is -0.386 e. The predicted octanol–water partition coefficient (Wildman–Crippen LogP) is 1.82. The monoisotopic (exact) mass is 423 g/mol. The maximum atomic E-state index is 12.8. The maximum absolute atomic E-state index is 12.8. The third-order valence-corrected chi connectivity index (χ3v) is 3.19. The zero-order valence-electron chi connectivity index (χ0n) is 12.6. The van der Waals surface area contributed by atoms with Gasteiger partial charge in [0.25, 0.3) is 0 Å². The van der Waals surface area contributed by atoms with E-state index >= 15 is 0 Å². The number of halogens is 2. The third-order valence-electron chi connectivity index (χ3n) is 3.19. The average Bonchev–Trinajstić information content (AvgIpc) is 3.29. The number of hydrogen-bond donors (Lipinski definition) is 3. The van der Waals surface area contributed by atoms with Crippen molar-refractivity contribution in [2.45, 2.75) is 25.0 Å². The van der Waals surface area contributed by atoms with Gasteiger partial charge in [-0.15, -0.1) is 24.0 Å². The molecule has 0 amide bonds. The van der Waals surface area contributed by atoms with Crippen LogP contribution in [-0.4, -0.2) is 43.9 Å². The van der Waals surface area contributed by atoms with Crippen LogP contribution in [0.3, 0.4) is 0 Å². The maximum Gasteiger partial charge on any atom is 0.191 e. The van der Waals surface area contributed by atoms with Crippen molar-refractivity contribution in [2.24, 2.45) is 4.99 Å². The second kappa shape index (κ2) is 9.96. The van der Waals surface area contributed by atoms with Crippen molar-refractivity contribution >= 4 is 29.9 Å². The number of ether oxygens (including phenoxy) is 1. The molecule has 0 aliphatic heterocycles. The number of rotatable bonds is 7. The van der Waals surface area contributed by atoms with Crippen LogP contribution in [-0.2, 0) is 4.74 Å². The number of aliphatic hydroxyl groups is 1. The number of guanidine groups is 1. The van der Waals surface area contributed by atoms with Crippen LogP contribution in [0.15, 0.2) is 29.3 Å². The number of methoxy groups -OCH3 is 1. The van der Waals surface area contributed by atoms with E-state index in [9.17, 15) is 9.50 Å². The van der Waals surface area contributed by atoms with Gasteiger partial charge >= 0.3 is 0 Å². The molecule has 1 aromatic rings. The zero-order valence-corrected chi connectivity index (χ0v) is 14.9. The van der Waals surface area contributed by atoms with Gasteiger partial charge in [0.2, 0.25) is 0 Å². The first-order valence-electron chi connectivity index (χ1n) is 7.16. The fourth-order valence-electron chi connectivity index (χ4n) is 1.81. The molecule has 0 heterocycles. The van der Waals surface area contributed by atoms with Crippen LogP contribution in [0.2, 0.25) is 0 Å². The molecule has 7 heteroatoms. The molecule has 0 aromatic heterocycles. The highest BCUT2D eigenvalue weighted by Crippen LogP contribution is 2.18. The van der Waals surface area contributed by atoms with E-state index < -0.39 is 6.10 Å². The SMILES string of the molecule is COCCNC(=NCC(O)c1ccc(F)cc1)NC1CC1.I. The van der Waals surface area contributed by atoms with Crippen molar-refractivity contribution in [3.63, 3.8) is 0 Å². The molecule has 1 aliphatic carbocycles. The van der Waals surface area contributed by atoms with Gasteiger partial charge in [-0.1, -0.05) is 12.1 Å². The molecule has 0 bridgehead atoms. The summed E-state index contributed by atoms with van der Waals surface area (Å²) in [6.45, 7) is 1.47. The highest BCUT2D eigenvalue weighted by atomic mass is 127. The molecule has 1 aromatic carbocycles. The minimum absolute atomic E-state index is 0. The van der Waals surface area contributed by atoms with Gasteiger partial charge in [0.15, 0.2) is 5.96 Å². The quantitative estimate of drug-likeness (QED) is 0.271. The average molecular weight is 423 g/mol. The van der Waals surface area contributed by atoms with Gasteiger partial charge < -0.3 is 20.5 Å². The molecule has 1 unspecified atom stereocenters. The second-order valence-electron chi connectivity index (χ2n) is 5.09. The summed E-state index contributed by atoms with van der Waals surface area (Å²) in [5, 5.41) is 16.5. The van der Waals surface area contributed by atoms with Crippen molar-refractivity contribution in [1.82, 2.24) is 10.6 Å². The lowest BCUT2D eigenvalue weighted by molar-refractivity contribution is 0.186. The summed E-state index contributed by atoms with van der Waals surface area (Å²) in [4.78, 5) is 4.37. The van der Waals surface area contributed by atoms with Gasteiger partial charge in [0.05, 0.1) is 19.3 Å². The second-order valence-corrected chi connectivity index (χ2v) is 5.09. The third kappa shape index (κ3) is 6.89. The molecule has 5 nitrogen and oxygen atoms in total. The summed E-state index contributed by atoms with van der Waals surface area (Å²) >= 11 is 0. The standard InChI is InChI=1S/C15H22FN3O2.HI/c1-21-9-8-17-15(19-13-6-7-13)18-10-14(20)11-2-4-12(16)5-3-11;/h2-5,13-14,20H,6-10H2,1H3,(H2,17,18,19);1H. The molecule has 2 rings (SSSR count). The molecule has 1 atom stereocenters. The van der Waals surface area contributed by atoms with Crippen LogP contribution < -0.4 is 10.6 Å². The molecule has 0 saturated heterocycles. The topological polar surface area (TPSA) is 65.9 Å². The smallest absolute Gasteiger partial charge is 0.191 e. The van der Waals surface area contributed by atoms with Gasteiger partial charge in [0, 0.05) is 19.7 Å². The van der Waals surface area contributed by atoms with Gasteiger partial charge in [-0.25, -0.2) is 4.39 Å². The zero-order chi connectivity index (χ0) is 15.1. The van der Waals surface area contributed by atoms with E-state index in [4.69, 9.17) is 4.74 Å². The van der Waals surface area contributed by atoms with Gasteiger partial charge in [-0.3, -0.25) is 4.99 Å². The van der Waals surface area contributed by atoms with Crippen LogP contribution >= 0.6 is 24.0 Å². The van der Waals surface area contributed by atoms with Crippen LogP contribution in [0.1, 0.15) is 24.5 Å². The van der Waals surface area contributed by atoms with E-state index in [0.717, 1.165) is 12.8 Å². The first-order chi connectivity index (χ1) is 10.2. The summed E-state index contributed by atoms with van der Waals surface area (Å²) in [7, 11) is 1.64. The molecule has 1 aliphatic rings. The molecule has 124 valence electrons. The van der Waals surface area contributed by atoms with E-state index in [1.165, 1.54) is 12.1 Å². The Morgan fingerprint density at radius 3 is 2.68 bits per heavy atom. The Bertz CT molecular complexity index is 466. The molecule has 1 saturated carbocycles. The van der Waals surface area contributed by atoms with E-state index in [-0.39, 0.29) is 36.3 Å². The summed E-state index contributed by atoms with van der Waals surface area (Å²) < 4.78 is 17.8. The largest absolute Gasteiger partial charge is 0.386 e. The Labute approximate surface area is 147 Å². The highest BCUT2D eigenvalue weighted by Gasteiger charge is 2.22. The molecule has 22 heavy (non-hydrogen) atoms. The number of nitrogens with zero attached hydrogens (tertiary/aromatic N) is 1. The number of hydrogen-bond acceptors (Lipinski definition) is 3. The molecule has 1 fully saturated rings. The van der Waals surface area contributed by atoms with E-state index in [1.54, 1.807) is 19.2 Å². The van der Waals surface area contributed by atoms with E-state index in [2.05, 4.69) is 15.6 Å². The number of benzene rings is 1. The summed E-state index contributed by atoms with van der Waals surface area (Å²) in [5.41, 5.74) is 0.655. The van der Waals surface area contributed by atoms with Crippen LogP contribution in [0.25, 0.3) is 0 Å². The van der Waals surface area contributed by atoms with E-state index in [0.29, 0.717) is 30.7 Å². The Kier molecular flexibility index (Phi) is 8.66. The van der Waals surface area contributed by atoms with Crippen LogP contribution in [0.4, 0.5) is 4.39 Å². The molecule has 0 radical (unpaired) electrons. The highest BCUT2D eigenvalue weighted by molar-refractivity contribution is 14.0. The van der Waals surface area contributed by atoms with Crippen LogP contribution in [0, 0.1) is 5.82 Å². The molecular weight excluding hydrogens is 400 g/mol. The lowest BCUT2D eigenvalue weighted by Crippen LogP contribution is -2.40. The van der Waals surface area contributed by atoms with Crippen molar-refractivity contribution < 1.29 is 14.2 Å². The molecule has 0 spiro atoms. The lowest BCUT2D eigenvalue weighted by atomic mass is 10.1. The number of aliphatic hydroxyl groups excluding tert-OH is 1. The van der Waals surface area contributed by atoms with Crippen molar-refractivity contribution in [3.8, 4) is 0 Å². The Balaban J connectivity index is 0.00000242. The fraction of sp³-hybridized carbons (Fsp3) is 0.533. The Hall–Kier alpha value is -0.930.